The van der Waals surface area contributed by atoms with Gasteiger partial charge < -0.3 is 20.6 Å². The third-order valence-electron chi connectivity index (χ3n) is 6.67. The number of halogens is 2. The van der Waals surface area contributed by atoms with Gasteiger partial charge in [0, 0.05) is 38.3 Å². The Morgan fingerprint density at radius 2 is 1.80 bits per heavy atom. The minimum Gasteiger partial charge on any atom is -0.390 e. The zero-order chi connectivity index (χ0) is 29.1. The van der Waals surface area contributed by atoms with Crippen LogP contribution in [0.1, 0.15) is 59.4 Å². The van der Waals surface area contributed by atoms with Crippen molar-refractivity contribution in [1.82, 2.24) is 15.6 Å². The van der Waals surface area contributed by atoms with E-state index in [-0.39, 0.29) is 24.2 Å². The monoisotopic (exact) mass is 549 g/mol. The largest absolute Gasteiger partial charge is 0.390 e. The standard InChI is InChI=1S/C31H37F2N5O2/c1-4-6-10-38(3)30-16-24(15-27(18-34)36-30)31(40)37-28(14-23-12-25(32)17-26(33)13-23)29(39)20-35-19-22-9-7-8-21(5-2)11-22/h7-9,11-13,15-17,28-29,35,39H,4-6,10,14,19-20H2,1-3H3,(H,37,40). The van der Waals surface area contributed by atoms with Crippen LogP contribution in [-0.2, 0) is 19.4 Å². The van der Waals surface area contributed by atoms with Gasteiger partial charge in [0.05, 0.1) is 12.1 Å². The van der Waals surface area contributed by atoms with Gasteiger partial charge in [-0.05, 0) is 60.2 Å². The zero-order valence-electron chi connectivity index (χ0n) is 23.3. The third kappa shape index (κ3) is 9.11. The number of nitriles is 1. The van der Waals surface area contributed by atoms with E-state index in [0.29, 0.717) is 24.5 Å². The van der Waals surface area contributed by atoms with Gasteiger partial charge in [-0.3, -0.25) is 4.79 Å². The van der Waals surface area contributed by atoms with Crippen LogP contribution in [0.5, 0.6) is 0 Å². The number of hydrogen-bond acceptors (Lipinski definition) is 6. The number of carbonyl (C=O) groups excluding carboxylic acids is 1. The van der Waals surface area contributed by atoms with E-state index in [9.17, 15) is 23.9 Å². The van der Waals surface area contributed by atoms with Crippen LogP contribution in [0.25, 0.3) is 0 Å². The van der Waals surface area contributed by atoms with Crippen molar-refractivity contribution in [3.8, 4) is 6.07 Å². The molecular formula is C31H37F2N5O2. The van der Waals surface area contributed by atoms with Crippen LogP contribution in [0.4, 0.5) is 14.6 Å². The Bertz CT molecular complexity index is 1310. The molecule has 0 radical (unpaired) electrons. The summed E-state index contributed by atoms with van der Waals surface area (Å²) in [6, 6.07) is 15.3. The lowest BCUT2D eigenvalue weighted by Gasteiger charge is -2.25. The van der Waals surface area contributed by atoms with Gasteiger partial charge in [0.1, 0.15) is 29.2 Å². The zero-order valence-corrected chi connectivity index (χ0v) is 23.3. The molecule has 1 heterocycles. The van der Waals surface area contributed by atoms with Crippen LogP contribution in [0.3, 0.4) is 0 Å². The third-order valence-corrected chi connectivity index (χ3v) is 6.67. The molecule has 2 unspecified atom stereocenters. The number of pyridine rings is 1. The molecule has 9 heteroatoms. The van der Waals surface area contributed by atoms with Gasteiger partial charge in [-0.25, -0.2) is 13.8 Å². The number of anilines is 1. The Hall–Kier alpha value is -3.87. The molecule has 0 aliphatic heterocycles. The van der Waals surface area contributed by atoms with E-state index in [2.05, 4.69) is 35.5 Å². The number of unbranched alkanes of at least 4 members (excludes halogenated alkanes) is 1. The summed E-state index contributed by atoms with van der Waals surface area (Å²) in [6.45, 7) is 5.48. The van der Waals surface area contributed by atoms with E-state index in [1.54, 1.807) is 6.07 Å². The molecule has 212 valence electrons. The Morgan fingerprint density at radius 3 is 2.48 bits per heavy atom. The second kappa shape index (κ2) is 15.1. The summed E-state index contributed by atoms with van der Waals surface area (Å²) in [5.74, 6) is -1.52. The predicted molar refractivity (Wildman–Crippen MR) is 152 cm³/mol. The van der Waals surface area contributed by atoms with Gasteiger partial charge in [-0.1, -0.05) is 44.5 Å². The number of benzene rings is 2. The highest BCUT2D eigenvalue weighted by Crippen LogP contribution is 2.17. The van der Waals surface area contributed by atoms with Gasteiger partial charge in [-0.15, -0.1) is 0 Å². The second-order valence-corrected chi connectivity index (χ2v) is 9.92. The van der Waals surface area contributed by atoms with E-state index >= 15 is 0 Å². The number of carbonyl (C=O) groups is 1. The quantitative estimate of drug-likeness (QED) is 0.273. The Kier molecular flexibility index (Phi) is 11.5. The highest BCUT2D eigenvalue weighted by molar-refractivity contribution is 5.95. The van der Waals surface area contributed by atoms with Crippen LogP contribution >= 0.6 is 0 Å². The number of hydrogen-bond donors (Lipinski definition) is 3. The summed E-state index contributed by atoms with van der Waals surface area (Å²) in [4.78, 5) is 19.5. The summed E-state index contributed by atoms with van der Waals surface area (Å²) in [5, 5.41) is 26.6. The van der Waals surface area contributed by atoms with Gasteiger partial charge in [0.15, 0.2) is 0 Å². The highest BCUT2D eigenvalue weighted by atomic mass is 19.1. The van der Waals surface area contributed by atoms with E-state index < -0.39 is 29.7 Å². The van der Waals surface area contributed by atoms with Gasteiger partial charge >= 0.3 is 0 Å². The number of nitrogens with one attached hydrogen (secondary N) is 2. The number of aliphatic hydroxyl groups excluding tert-OH is 1. The predicted octanol–water partition coefficient (Wildman–Crippen LogP) is 4.52. The lowest BCUT2D eigenvalue weighted by atomic mass is 10.00. The maximum atomic E-state index is 13.9. The summed E-state index contributed by atoms with van der Waals surface area (Å²) in [6.07, 6.45) is 1.73. The fourth-order valence-electron chi connectivity index (χ4n) is 4.39. The van der Waals surface area contributed by atoms with E-state index in [4.69, 9.17) is 0 Å². The molecule has 0 aliphatic rings. The fourth-order valence-corrected chi connectivity index (χ4v) is 4.39. The topological polar surface area (TPSA) is 101 Å². The van der Waals surface area contributed by atoms with Crippen molar-refractivity contribution in [3.05, 3.63) is 94.2 Å². The van der Waals surface area contributed by atoms with Gasteiger partial charge in [0.25, 0.3) is 5.91 Å². The van der Waals surface area contributed by atoms with Crippen molar-refractivity contribution in [2.45, 2.75) is 58.2 Å². The first-order valence-corrected chi connectivity index (χ1v) is 13.6. The van der Waals surface area contributed by atoms with Crippen LogP contribution < -0.4 is 15.5 Å². The van der Waals surface area contributed by atoms with E-state index in [1.165, 1.54) is 23.8 Å². The molecule has 2 atom stereocenters. The number of aryl methyl sites for hydroxylation is 1. The van der Waals surface area contributed by atoms with Crippen LogP contribution in [0, 0.1) is 23.0 Å². The number of aliphatic hydroxyl groups is 1. The Morgan fingerprint density at radius 1 is 1.07 bits per heavy atom. The van der Waals surface area contributed by atoms with Crippen molar-refractivity contribution >= 4 is 11.7 Å². The van der Waals surface area contributed by atoms with Gasteiger partial charge in [0.2, 0.25) is 0 Å². The lowest BCUT2D eigenvalue weighted by Crippen LogP contribution is -2.48. The summed E-state index contributed by atoms with van der Waals surface area (Å²) in [5.41, 5.74) is 2.85. The molecule has 0 saturated carbocycles. The molecule has 0 fully saturated rings. The molecule has 1 amide bonds. The van der Waals surface area contributed by atoms with E-state index in [0.717, 1.165) is 30.9 Å². The number of aromatic nitrogens is 1. The average Bonchev–Trinajstić information content (AvgIpc) is 2.94. The van der Waals surface area contributed by atoms with Crippen molar-refractivity contribution in [2.24, 2.45) is 0 Å². The molecule has 2 aromatic carbocycles. The van der Waals surface area contributed by atoms with Crippen LogP contribution in [-0.4, -0.2) is 48.3 Å². The summed E-state index contributed by atoms with van der Waals surface area (Å²) < 4.78 is 27.8. The molecule has 40 heavy (non-hydrogen) atoms. The van der Waals surface area contributed by atoms with Crippen molar-refractivity contribution in [1.29, 1.82) is 5.26 Å². The van der Waals surface area contributed by atoms with Crippen molar-refractivity contribution in [2.75, 3.05) is 25.0 Å². The molecular weight excluding hydrogens is 512 g/mol. The Balaban J connectivity index is 1.79. The van der Waals surface area contributed by atoms with Crippen LogP contribution in [0.15, 0.2) is 54.6 Å². The molecule has 0 spiro atoms. The molecule has 3 aromatic rings. The minimum atomic E-state index is -1.08. The maximum Gasteiger partial charge on any atom is 0.251 e. The minimum absolute atomic E-state index is 0.00592. The SMILES string of the molecule is CCCCN(C)c1cc(C(=O)NC(Cc2cc(F)cc(F)c2)C(O)CNCc2cccc(CC)c2)cc(C#N)n1. The molecule has 3 rings (SSSR count). The Labute approximate surface area is 234 Å². The first-order chi connectivity index (χ1) is 19.2. The van der Waals surface area contributed by atoms with Gasteiger partial charge in [-0.2, -0.15) is 5.26 Å². The second-order valence-electron chi connectivity index (χ2n) is 9.92. The van der Waals surface area contributed by atoms with Crippen molar-refractivity contribution < 1.29 is 18.7 Å². The van der Waals surface area contributed by atoms with Crippen LogP contribution in [0.2, 0.25) is 0 Å². The van der Waals surface area contributed by atoms with E-state index in [1.807, 2.05) is 36.2 Å². The first kappa shape index (κ1) is 30.7. The molecule has 1 aromatic heterocycles. The molecule has 0 bridgehead atoms. The summed E-state index contributed by atoms with van der Waals surface area (Å²) in [7, 11) is 1.84. The fraction of sp³-hybridized carbons (Fsp3) is 0.387. The smallest absolute Gasteiger partial charge is 0.251 e. The van der Waals surface area contributed by atoms with Crippen molar-refractivity contribution in [3.63, 3.8) is 0 Å². The normalized spacial score (nSPS) is 12.4. The summed E-state index contributed by atoms with van der Waals surface area (Å²) >= 11 is 0. The number of amides is 1. The first-order valence-electron chi connectivity index (χ1n) is 13.6. The highest BCUT2D eigenvalue weighted by Gasteiger charge is 2.24. The lowest BCUT2D eigenvalue weighted by molar-refractivity contribution is 0.0829. The number of nitrogens with zero attached hydrogens (tertiary/aromatic N) is 3. The molecule has 7 nitrogen and oxygen atoms in total. The maximum absolute atomic E-state index is 13.9. The molecule has 0 aliphatic carbocycles. The molecule has 0 saturated heterocycles. The molecule has 3 N–H and O–H groups in total. The number of rotatable bonds is 14. The average molecular weight is 550 g/mol.